The predicted octanol–water partition coefficient (Wildman–Crippen LogP) is 1.96. The van der Waals surface area contributed by atoms with E-state index >= 15 is 0 Å². The van der Waals surface area contributed by atoms with E-state index in [4.69, 9.17) is 0 Å². The van der Waals surface area contributed by atoms with Gasteiger partial charge in [0.2, 0.25) is 0 Å². The fourth-order valence-electron chi connectivity index (χ4n) is 1.63. The molecule has 13 heavy (non-hydrogen) atoms. The Morgan fingerprint density at radius 2 is 1.69 bits per heavy atom. The highest BCUT2D eigenvalue weighted by molar-refractivity contribution is 5.60. The average Bonchev–Trinajstić information content (AvgIpc) is 2.43. The van der Waals surface area contributed by atoms with Crippen LogP contribution in [0.15, 0.2) is 6.33 Å². The van der Waals surface area contributed by atoms with E-state index in [2.05, 4.69) is 23.9 Å². The molecule has 0 atom stereocenters. The SMILES string of the molecule is Cc1nn2cnc(C)c2c(C)c1C. The zero-order valence-corrected chi connectivity index (χ0v) is 8.42. The summed E-state index contributed by atoms with van der Waals surface area (Å²) in [4.78, 5) is 4.24. The van der Waals surface area contributed by atoms with Gasteiger partial charge in [-0.1, -0.05) is 0 Å². The van der Waals surface area contributed by atoms with E-state index in [1.54, 1.807) is 6.33 Å². The monoisotopic (exact) mass is 175 g/mol. The lowest BCUT2D eigenvalue weighted by atomic mass is 10.1. The average molecular weight is 175 g/mol. The summed E-state index contributed by atoms with van der Waals surface area (Å²) in [5.41, 5.74) is 5.80. The molecule has 0 amide bonds. The van der Waals surface area contributed by atoms with Crippen molar-refractivity contribution >= 4 is 5.52 Å². The first kappa shape index (κ1) is 8.23. The standard InChI is InChI=1S/C10H13N3/c1-6-7(2)10-9(4)11-5-13(10)12-8(6)3/h5H,1-4H3. The summed E-state index contributed by atoms with van der Waals surface area (Å²) in [5, 5.41) is 4.41. The molecule has 2 aromatic heterocycles. The molecule has 3 heteroatoms. The van der Waals surface area contributed by atoms with Gasteiger partial charge in [-0.3, -0.25) is 0 Å². The summed E-state index contributed by atoms with van der Waals surface area (Å²) in [5.74, 6) is 0. The molecule has 68 valence electrons. The first-order chi connectivity index (χ1) is 6.11. The number of aromatic nitrogens is 3. The highest BCUT2D eigenvalue weighted by Gasteiger charge is 2.08. The summed E-state index contributed by atoms with van der Waals surface area (Å²) in [6.45, 7) is 8.26. The van der Waals surface area contributed by atoms with Crippen molar-refractivity contribution < 1.29 is 0 Å². The lowest BCUT2D eigenvalue weighted by molar-refractivity contribution is 0.875. The van der Waals surface area contributed by atoms with Crippen molar-refractivity contribution in [2.24, 2.45) is 0 Å². The molecule has 0 saturated carbocycles. The summed E-state index contributed by atoms with van der Waals surface area (Å²) in [7, 11) is 0. The normalized spacial score (nSPS) is 11.1. The van der Waals surface area contributed by atoms with Crippen LogP contribution in [0.25, 0.3) is 5.52 Å². The molecule has 3 nitrogen and oxygen atoms in total. The van der Waals surface area contributed by atoms with Gasteiger partial charge in [-0.25, -0.2) is 9.50 Å². The first-order valence-corrected chi connectivity index (χ1v) is 4.39. The van der Waals surface area contributed by atoms with E-state index in [1.165, 1.54) is 11.1 Å². The Bertz CT molecular complexity index is 468. The van der Waals surface area contributed by atoms with Crippen molar-refractivity contribution in [2.45, 2.75) is 27.7 Å². The van der Waals surface area contributed by atoms with Crippen molar-refractivity contribution in [3.8, 4) is 0 Å². The minimum absolute atomic E-state index is 1.05. The molecular weight excluding hydrogens is 162 g/mol. The number of fused-ring (bicyclic) bond motifs is 1. The largest absolute Gasteiger partial charge is 0.239 e. The van der Waals surface area contributed by atoms with Gasteiger partial charge in [0.1, 0.15) is 6.33 Å². The van der Waals surface area contributed by atoms with Crippen molar-refractivity contribution in [1.82, 2.24) is 14.6 Å². The molecule has 2 aromatic rings. The topological polar surface area (TPSA) is 30.2 Å². The molecule has 0 aromatic carbocycles. The molecular formula is C10H13N3. The molecule has 0 N–H and O–H groups in total. The predicted molar refractivity (Wildman–Crippen MR) is 51.9 cm³/mol. The van der Waals surface area contributed by atoms with Crippen LogP contribution >= 0.6 is 0 Å². The number of imidazole rings is 1. The quantitative estimate of drug-likeness (QED) is 0.612. The molecule has 0 aliphatic carbocycles. The Labute approximate surface area is 77.4 Å². The summed E-state index contributed by atoms with van der Waals surface area (Å²) >= 11 is 0. The molecule has 0 radical (unpaired) electrons. The molecule has 0 aliphatic heterocycles. The van der Waals surface area contributed by atoms with Crippen LogP contribution in [-0.4, -0.2) is 14.6 Å². The summed E-state index contributed by atoms with van der Waals surface area (Å²) in [6, 6.07) is 0. The lowest BCUT2D eigenvalue weighted by Gasteiger charge is -2.06. The Balaban J connectivity index is 2.97. The molecule has 0 saturated heterocycles. The third-order valence-electron chi connectivity index (χ3n) is 2.65. The third kappa shape index (κ3) is 1.03. The van der Waals surface area contributed by atoms with Gasteiger partial charge in [-0.2, -0.15) is 5.10 Å². The maximum absolute atomic E-state index is 4.41. The van der Waals surface area contributed by atoms with Crippen molar-refractivity contribution in [1.29, 1.82) is 0 Å². The van der Waals surface area contributed by atoms with E-state index in [0.29, 0.717) is 0 Å². The first-order valence-electron chi connectivity index (χ1n) is 4.39. The van der Waals surface area contributed by atoms with E-state index in [-0.39, 0.29) is 0 Å². The van der Waals surface area contributed by atoms with Crippen LogP contribution in [-0.2, 0) is 0 Å². The Morgan fingerprint density at radius 1 is 1.00 bits per heavy atom. The smallest absolute Gasteiger partial charge is 0.118 e. The van der Waals surface area contributed by atoms with Gasteiger partial charge in [-0.05, 0) is 38.8 Å². The van der Waals surface area contributed by atoms with Gasteiger partial charge >= 0.3 is 0 Å². The lowest BCUT2D eigenvalue weighted by Crippen LogP contribution is -1.99. The molecule has 0 bridgehead atoms. The Kier molecular flexibility index (Phi) is 1.62. The van der Waals surface area contributed by atoms with Crippen molar-refractivity contribution in [3.05, 3.63) is 28.8 Å². The maximum Gasteiger partial charge on any atom is 0.118 e. The van der Waals surface area contributed by atoms with Gasteiger partial charge in [0.15, 0.2) is 0 Å². The maximum atomic E-state index is 4.41. The van der Waals surface area contributed by atoms with Crippen LogP contribution in [0.1, 0.15) is 22.5 Å². The number of hydrogen-bond acceptors (Lipinski definition) is 2. The van der Waals surface area contributed by atoms with Gasteiger partial charge in [0.05, 0.1) is 16.9 Å². The number of hydrogen-bond donors (Lipinski definition) is 0. The Morgan fingerprint density at radius 3 is 2.38 bits per heavy atom. The zero-order valence-electron chi connectivity index (χ0n) is 8.42. The van der Waals surface area contributed by atoms with Crippen LogP contribution in [0.3, 0.4) is 0 Å². The van der Waals surface area contributed by atoms with Crippen LogP contribution in [0.2, 0.25) is 0 Å². The highest BCUT2D eigenvalue weighted by Crippen LogP contribution is 2.18. The minimum atomic E-state index is 1.05. The Hall–Kier alpha value is -1.38. The molecule has 0 unspecified atom stereocenters. The molecule has 0 spiro atoms. The fourth-order valence-corrected chi connectivity index (χ4v) is 1.63. The second-order valence-corrected chi connectivity index (χ2v) is 3.46. The van der Waals surface area contributed by atoms with E-state index in [1.807, 2.05) is 18.4 Å². The minimum Gasteiger partial charge on any atom is -0.239 e. The third-order valence-corrected chi connectivity index (χ3v) is 2.65. The van der Waals surface area contributed by atoms with E-state index in [0.717, 1.165) is 16.9 Å². The van der Waals surface area contributed by atoms with Crippen molar-refractivity contribution in [3.63, 3.8) is 0 Å². The summed E-state index contributed by atoms with van der Waals surface area (Å²) < 4.78 is 1.85. The highest BCUT2D eigenvalue weighted by atomic mass is 15.2. The van der Waals surface area contributed by atoms with Crippen molar-refractivity contribution in [2.75, 3.05) is 0 Å². The zero-order chi connectivity index (χ0) is 9.59. The number of aryl methyl sites for hydroxylation is 3. The van der Waals surface area contributed by atoms with Crippen LogP contribution < -0.4 is 0 Å². The van der Waals surface area contributed by atoms with E-state index < -0.39 is 0 Å². The molecule has 2 heterocycles. The second-order valence-electron chi connectivity index (χ2n) is 3.46. The number of nitrogens with zero attached hydrogens (tertiary/aromatic N) is 3. The van der Waals surface area contributed by atoms with Gasteiger partial charge in [-0.15, -0.1) is 0 Å². The van der Waals surface area contributed by atoms with Gasteiger partial charge < -0.3 is 0 Å². The van der Waals surface area contributed by atoms with E-state index in [9.17, 15) is 0 Å². The van der Waals surface area contributed by atoms with Crippen LogP contribution in [0.4, 0.5) is 0 Å². The molecule has 2 rings (SSSR count). The number of rotatable bonds is 0. The molecule has 0 fully saturated rings. The van der Waals surface area contributed by atoms with Crippen LogP contribution in [0, 0.1) is 27.7 Å². The molecule has 0 aliphatic rings. The van der Waals surface area contributed by atoms with Crippen LogP contribution in [0.5, 0.6) is 0 Å². The fraction of sp³-hybridized carbons (Fsp3) is 0.400. The summed E-state index contributed by atoms with van der Waals surface area (Å²) in [6.07, 6.45) is 1.77. The second kappa shape index (κ2) is 2.55. The van der Waals surface area contributed by atoms with Gasteiger partial charge in [0.25, 0.3) is 0 Å². The van der Waals surface area contributed by atoms with Gasteiger partial charge in [0, 0.05) is 0 Å².